The summed E-state index contributed by atoms with van der Waals surface area (Å²) in [5.41, 5.74) is 3.82. The maximum Gasteiger partial charge on any atom is 0.209 e. The van der Waals surface area contributed by atoms with E-state index in [1.54, 1.807) is 18.2 Å². The van der Waals surface area contributed by atoms with Crippen LogP contribution in [0.1, 0.15) is 15.9 Å². The van der Waals surface area contributed by atoms with E-state index in [4.69, 9.17) is 0 Å². The molecule has 0 atom stereocenters. The number of hydrogen-bond acceptors (Lipinski definition) is 5. The van der Waals surface area contributed by atoms with Crippen LogP contribution in [0, 0.1) is 6.92 Å². The second kappa shape index (κ2) is 10.3. The first-order valence-electron chi connectivity index (χ1n) is 12.9. The van der Waals surface area contributed by atoms with Crippen molar-refractivity contribution in [1.82, 2.24) is 0 Å². The number of hydrogen-bond donors (Lipinski definition) is 2. The second-order valence-corrected chi connectivity index (χ2v) is 11.5. The van der Waals surface area contributed by atoms with Crippen molar-refractivity contribution in [2.24, 2.45) is 0 Å². The molecule has 6 rings (SSSR count). The minimum Gasteiger partial charge on any atom is -0.355 e. The summed E-state index contributed by atoms with van der Waals surface area (Å²) in [6.45, 7) is 1.98. The highest BCUT2D eigenvalue weighted by molar-refractivity contribution is 7.92. The number of fused-ring (bicyclic) bond motifs is 2. The number of carbonyl (C=O) groups is 1. The molecule has 0 saturated heterocycles. The normalized spacial score (nSPS) is 11.4. The topological polar surface area (TPSA) is 75.3 Å². The van der Waals surface area contributed by atoms with Crippen LogP contribution >= 0.6 is 0 Å². The molecule has 0 heterocycles. The van der Waals surface area contributed by atoms with E-state index in [0.717, 1.165) is 22.9 Å². The van der Waals surface area contributed by atoms with Gasteiger partial charge >= 0.3 is 0 Å². The summed E-state index contributed by atoms with van der Waals surface area (Å²) in [5.74, 6) is 0. The van der Waals surface area contributed by atoms with E-state index in [2.05, 4.69) is 10.6 Å². The lowest BCUT2D eigenvalue weighted by atomic mass is 10.0. The molecule has 0 radical (unpaired) electrons. The van der Waals surface area contributed by atoms with Crippen LogP contribution in [-0.4, -0.2) is 14.7 Å². The molecular formula is C34H26N2O3S. The fourth-order valence-electron chi connectivity index (χ4n) is 5.02. The van der Waals surface area contributed by atoms with Gasteiger partial charge in [-0.3, -0.25) is 4.79 Å². The van der Waals surface area contributed by atoms with Crippen LogP contribution in [-0.2, 0) is 9.84 Å². The Morgan fingerprint density at radius 2 is 1.27 bits per heavy atom. The minimum atomic E-state index is -4.12. The van der Waals surface area contributed by atoms with Crippen molar-refractivity contribution < 1.29 is 13.2 Å². The van der Waals surface area contributed by atoms with Gasteiger partial charge in [-0.25, -0.2) is 8.42 Å². The molecule has 0 unspecified atom stereocenters. The Bertz CT molecular complexity index is 1980. The van der Waals surface area contributed by atoms with Gasteiger partial charge in [-0.2, -0.15) is 0 Å². The second-order valence-electron chi connectivity index (χ2n) is 9.65. The lowest BCUT2D eigenvalue weighted by Crippen LogP contribution is -2.10. The predicted molar refractivity (Wildman–Crippen MR) is 163 cm³/mol. The van der Waals surface area contributed by atoms with Crippen molar-refractivity contribution in [3.8, 4) is 0 Å². The number of aryl methyl sites for hydroxylation is 1. The molecule has 5 nitrogen and oxygen atoms in total. The van der Waals surface area contributed by atoms with Crippen molar-refractivity contribution in [3.63, 3.8) is 0 Å². The molecule has 6 aromatic carbocycles. The molecule has 6 heteroatoms. The maximum atomic E-state index is 14.6. The molecule has 196 valence electrons. The molecule has 0 amide bonds. The van der Waals surface area contributed by atoms with Gasteiger partial charge in [0.2, 0.25) is 9.84 Å². The van der Waals surface area contributed by atoms with Gasteiger partial charge in [0, 0.05) is 28.0 Å². The SMILES string of the molecule is Cc1ccc(Nc2c(S(=O)(=O)c3cccc4cccc(Nc5ccccc5)c34)cc3ccccc3c2C=O)cc1. The van der Waals surface area contributed by atoms with E-state index >= 15 is 0 Å². The molecule has 2 N–H and O–H groups in total. The quantitative estimate of drug-likeness (QED) is 0.198. The van der Waals surface area contributed by atoms with Gasteiger partial charge in [-0.1, -0.05) is 84.4 Å². The van der Waals surface area contributed by atoms with E-state index in [-0.39, 0.29) is 15.5 Å². The monoisotopic (exact) mass is 542 g/mol. The van der Waals surface area contributed by atoms with Crippen LogP contribution in [0.3, 0.4) is 0 Å². The molecule has 0 aliphatic rings. The lowest BCUT2D eigenvalue weighted by Gasteiger charge is -2.19. The highest BCUT2D eigenvalue weighted by Crippen LogP contribution is 2.40. The first-order chi connectivity index (χ1) is 19.5. The van der Waals surface area contributed by atoms with E-state index in [1.165, 1.54) is 0 Å². The summed E-state index contributed by atoms with van der Waals surface area (Å²) in [6.07, 6.45) is 0.726. The van der Waals surface area contributed by atoms with Crippen LogP contribution < -0.4 is 10.6 Å². The summed E-state index contributed by atoms with van der Waals surface area (Å²) in [6, 6.07) is 37.1. The lowest BCUT2D eigenvalue weighted by molar-refractivity contribution is 0.112. The molecule has 0 saturated carbocycles. The first kappa shape index (κ1) is 25.3. The van der Waals surface area contributed by atoms with Crippen LogP contribution in [0.4, 0.5) is 22.7 Å². The van der Waals surface area contributed by atoms with Gasteiger partial charge in [0.05, 0.1) is 15.5 Å². The molecule has 0 bridgehead atoms. The van der Waals surface area contributed by atoms with Gasteiger partial charge in [0.1, 0.15) is 0 Å². The highest BCUT2D eigenvalue weighted by atomic mass is 32.2. The molecular weight excluding hydrogens is 516 g/mol. The van der Waals surface area contributed by atoms with Gasteiger partial charge in [0.15, 0.2) is 6.29 Å². The predicted octanol–water partition coefficient (Wildman–Crippen LogP) is 8.43. The first-order valence-corrected chi connectivity index (χ1v) is 14.4. The van der Waals surface area contributed by atoms with Crippen LogP contribution in [0.2, 0.25) is 0 Å². The van der Waals surface area contributed by atoms with E-state index in [9.17, 15) is 13.2 Å². The number of aldehydes is 1. The molecule has 40 heavy (non-hydrogen) atoms. The summed E-state index contributed by atoms with van der Waals surface area (Å²) in [7, 11) is -4.12. The van der Waals surface area contributed by atoms with Crippen LogP contribution in [0.25, 0.3) is 21.5 Å². The summed E-state index contributed by atoms with van der Waals surface area (Å²) in [5, 5.41) is 9.36. The van der Waals surface area contributed by atoms with Crippen LogP contribution in [0.5, 0.6) is 0 Å². The smallest absolute Gasteiger partial charge is 0.209 e. The third-order valence-electron chi connectivity index (χ3n) is 6.99. The number of rotatable bonds is 7. The van der Waals surface area contributed by atoms with Crippen molar-refractivity contribution in [1.29, 1.82) is 0 Å². The van der Waals surface area contributed by atoms with Crippen molar-refractivity contribution in [2.45, 2.75) is 16.7 Å². The fraction of sp³-hybridized carbons (Fsp3) is 0.0294. The third-order valence-corrected chi connectivity index (χ3v) is 8.81. The van der Waals surface area contributed by atoms with E-state index < -0.39 is 9.84 Å². The number of carbonyl (C=O) groups excluding carboxylic acids is 1. The van der Waals surface area contributed by atoms with Gasteiger partial charge in [-0.05, 0) is 65.5 Å². The average Bonchev–Trinajstić information content (AvgIpc) is 2.98. The van der Waals surface area contributed by atoms with Gasteiger partial charge < -0.3 is 10.6 Å². The molecule has 0 spiro atoms. The number of nitrogens with one attached hydrogen (secondary N) is 2. The average molecular weight is 543 g/mol. The zero-order chi connectivity index (χ0) is 27.7. The Balaban J connectivity index is 1.61. The summed E-state index contributed by atoms with van der Waals surface area (Å²) in [4.78, 5) is 12.7. The van der Waals surface area contributed by atoms with E-state index in [1.807, 2.05) is 110 Å². The minimum absolute atomic E-state index is 0.0379. The fourth-order valence-corrected chi connectivity index (χ4v) is 6.73. The molecule has 0 aliphatic heterocycles. The number of para-hydroxylation sites is 1. The van der Waals surface area contributed by atoms with Crippen molar-refractivity contribution in [2.75, 3.05) is 10.6 Å². The number of sulfone groups is 1. The Labute approximate surface area is 233 Å². The molecule has 0 fully saturated rings. The number of anilines is 4. The highest BCUT2D eigenvalue weighted by Gasteiger charge is 2.28. The van der Waals surface area contributed by atoms with Gasteiger partial charge in [-0.15, -0.1) is 0 Å². The zero-order valence-corrected chi connectivity index (χ0v) is 22.6. The number of benzene rings is 6. The zero-order valence-electron chi connectivity index (χ0n) is 21.8. The molecule has 6 aromatic rings. The van der Waals surface area contributed by atoms with Gasteiger partial charge in [0.25, 0.3) is 0 Å². The van der Waals surface area contributed by atoms with Crippen molar-refractivity contribution in [3.05, 3.63) is 132 Å². The molecule has 0 aromatic heterocycles. The van der Waals surface area contributed by atoms with E-state index in [0.29, 0.717) is 33.1 Å². The Hall–Kier alpha value is -4.94. The summed E-state index contributed by atoms with van der Waals surface area (Å²) >= 11 is 0. The van der Waals surface area contributed by atoms with Crippen molar-refractivity contribution >= 4 is 60.4 Å². The largest absolute Gasteiger partial charge is 0.355 e. The maximum absolute atomic E-state index is 14.6. The summed E-state index contributed by atoms with van der Waals surface area (Å²) < 4.78 is 29.3. The standard InChI is InChI=1S/C34H26N2O3S/c1-23-17-19-27(20-18-23)36-34-29(22-37)28-14-6-5-9-25(28)21-32(34)40(38,39)31-16-8-11-24-10-7-15-30(33(24)31)35-26-12-3-2-4-13-26/h2-22,35-36H,1H3. The molecule has 0 aliphatic carbocycles. The Morgan fingerprint density at radius 1 is 0.625 bits per heavy atom. The Kier molecular flexibility index (Phi) is 6.54. The third kappa shape index (κ3) is 4.59. The van der Waals surface area contributed by atoms with Crippen LogP contribution in [0.15, 0.2) is 131 Å². The Morgan fingerprint density at radius 3 is 2.02 bits per heavy atom.